The zero-order valence-electron chi connectivity index (χ0n) is 17.5. The minimum Gasteiger partial charge on any atom is -0.352 e. The van der Waals surface area contributed by atoms with Crippen LogP contribution in [0.1, 0.15) is 56.6 Å². The second kappa shape index (κ2) is 10.4. The van der Waals surface area contributed by atoms with Crippen LogP contribution in [0.5, 0.6) is 0 Å². The molecule has 0 bridgehead atoms. The van der Waals surface area contributed by atoms with Gasteiger partial charge in [-0.1, -0.05) is 49.9 Å². The standard InChI is InChI=1S/C23H27ClF3N3O/c1-2-20(22(31)29-19-6-4-3-5-7-19)30(15-16-8-11-18(24)12-9-16)21-13-10-17(14-28-21)23(25,26)27/h8-14,19-20H,2-7,15H2,1H3,(H,29,31). The van der Waals surface area contributed by atoms with Crippen molar-refractivity contribution in [2.45, 2.75) is 70.3 Å². The average Bonchev–Trinajstić information content (AvgIpc) is 2.75. The van der Waals surface area contributed by atoms with Crippen LogP contribution in [-0.2, 0) is 17.5 Å². The van der Waals surface area contributed by atoms with E-state index >= 15 is 0 Å². The lowest BCUT2D eigenvalue weighted by Gasteiger charge is -2.33. The van der Waals surface area contributed by atoms with E-state index in [4.69, 9.17) is 11.6 Å². The molecular formula is C23H27ClF3N3O. The summed E-state index contributed by atoms with van der Waals surface area (Å²) in [7, 11) is 0. The van der Waals surface area contributed by atoms with Crippen molar-refractivity contribution in [2.75, 3.05) is 4.90 Å². The number of halogens is 4. The van der Waals surface area contributed by atoms with Gasteiger partial charge in [-0.15, -0.1) is 0 Å². The number of rotatable bonds is 7. The number of aromatic nitrogens is 1. The molecule has 1 aromatic carbocycles. The Balaban J connectivity index is 1.87. The number of nitrogens with one attached hydrogen (secondary N) is 1. The van der Waals surface area contributed by atoms with Gasteiger partial charge < -0.3 is 10.2 Å². The maximum Gasteiger partial charge on any atom is 0.417 e. The second-order valence-corrected chi connectivity index (χ2v) is 8.36. The Morgan fingerprint density at radius 2 is 1.84 bits per heavy atom. The fraction of sp³-hybridized carbons (Fsp3) is 0.478. The Labute approximate surface area is 185 Å². The summed E-state index contributed by atoms with van der Waals surface area (Å²) < 4.78 is 39.0. The van der Waals surface area contributed by atoms with E-state index in [0.717, 1.165) is 43.5 Å². The van der Waals surface area contributed by atoms with Gasteiger partial charge in [-0.3, -0.25) is 4.79 Å². The predicted octanol–water partition coefficient (Wildman–Crippen LogP) is 5.99. The molecule has 0 aliphatic heterocycles. The molecule has 0 saturated heterocycles. The van der Waals surface area contributed by atoms with E-state index in [0.29, 0.717) is 23.8 Å². The molecule has 8 heteroatoms. The van der Waals surface area contributed by atoms with Crippen molar-refractivity contribution in [3.8, 4) is 0 Å². The summed E-state index contributed by atoms with van der Waals surface area (Å²) in [4.78, 5) is 19.0. The first kappa shape index (κ1) is 23.4. The van der Waals surface area contributed by atoms with Crippen LogP contribution in [0.4, 0.5) is 19.0 Å². The van der Waals surface area contributed by atoms with Gasteiger partial charge in [0.05, 0.1) is 5.56 Å². The van der Waals surface area contributed by atoms with E-state index in [1.807, 2.05) is 19.1 Å². The number of hydrogen-bond acceptors (Lipinski definition) is 3. The van der Waals surface area contributed by atoms with Crippen LogP contribution >= 0.6 is 11.6 Å². The van der Waals surface area contributed by atoms with E-state index in [2.05, 4.69) is 10.3 Å². The van der Waals surface area contributed by atoms with Gasteiger partial charge in [-0.25, -0.2) is 4.98 Å². The lowest BCUT2D eigenvalue weighted by molar-refractivity contribution is -0.137. The molecule has 1 aliphatic rings. The van der Waals surface area contributed by atoms with Crippen molar-refractivity contribution < 1.29 is 18.0 Å². The van der Waals surface area contributed by atoms with Gasteiger partial charge in [-0.05, 0) is 49.1 Å². The monoisotopic (exact) mass is 453 g/mol. The van der Waals surface area contributed by atoms with Crippen LogP contribution in [-0.4, -0.2) is 23.0 Å². The summed E-state index contributed by atoms with van der Waals surface area (Å²) in [6.45, 7) is 2.22. The van der Waals surface area contributed by atoms with Crippen molar-refractivity contribution in [2.24, 2.45) is 0 Å². The summed E-state index contributed by atoms with van der Waals surface area (Å²) in [5.41, 5.74) is 0.0670. The fourth-order valence-electron chi connectivity index (χ4n) is 3.95. The highest BCUT2D eigenvalue weighted by atomic mass is 35.5. The summed E-state index contributed by atoms with van der Waals surface area (Å²) in [6.07, 6.45) is 2.13. The normalized spacial score (nSPS) is 16.0. The number of pyridine rings is 1. The second-order valence-electron chi connectivity index (χ2n) is 7.92. The highest BCUT2D eigenvalue weighted by Gasteiger charge is 2.32. The summed E-state index contributed by atoms with van der Waals surface area (Å²) >= 11 is 5.98. The molecule has 1 N–H and O–H groups in total. The van der Waals surface area contributed by atoms with Crippen molar-refractivity contribution in [1.82, 2.24) is 10.3 Å². The Morgan fingerprint density at radius 3 is 2.39 bits per heavy atom. The van der Waals surface area contributed by atoms with Gasteiger partial charge in [0.1, 0.15) is 11.9 Å². The molecule has 168 valence electrons. The van der Waals surface area contributed by atoms with Crippen molar-refractivity contribution in [3.63, 3.8) is 0 Å². The number of alkyl halides is 3. The van der Waals surface area contributed by atoms with E-state index in [1.165, 1.54) is 12.5 Å². The fourth-order valence-corrected chi connectivity index (χ4v) is 4.08. The van der Waals surface area contributed by atoms with Crippen molar-refractivity contribution >= 4 is 23.3 Å². The molecule has 1 atom stereocenters. The highest BCUT2D eigenvalue weighted by Crippen LogP contribution is 2.30. The van der Waals surface area contributed by atoms with Crippen LogP contribution in [0, 0.1) is 0 Å². The number of amides is 1. The minimum absolute atomic E-state index is 0.120. The lowest BCUT2D eigenvalue weighted by atomic mass is 9.95. The van der Waals surface area contributed by atoms with Crippen LogP contribution in [0.25, 0.3) is 0 Å². The number of carbonyl (C=O) groups is 1. The molecule has 2 aromatic rings. The lowest BCUT2D eigenvalue weighted by Crippen LogP contribution is -2.50. The molecule has 1 unspecified atom stereocenters. The molecule has 0 radical (unpaired) electrons. The molecule has 1 fully saturated rings. The quantitative estimate of drug-likeness (QED) is 0.560. The maximum absolute atomic E-state index is 13.1. The SMILES string of the molecule is CCC(C(=O)NC1CCCCC1)N(Cc1ccc(Cl)cc1)c1ccc(C(F)(F)F)cn1. The Hall–Kier alpha value is -2.28. The molecule has 0 spiro atoms. The first-order valence-corrected chi connectivity index (χ1v) is 11.0. The summed E-state index contributed by atoms with van der Waals surface area (Å²) in [6, 6.07) is 9.10. The molecule has 4 nitrogen and oxygen atoms in total. The number of carbonyl (C=O) groups excluding carboxylic acids is 1. The van der Waals surface area contributed by atoms with Crippen LogP contribution < -0.4 is 10.2 Å². The Bertz CT molecular complexity index is 850. The smallest absolute Gasteiger partial charge is 0.352 e. The third kappa shape index (κ3) is 6.35. The number of nitrogens with zero attached hydrogens (tertiary/aromatic N) is 2. The van der Waals surface area contributed by atoms with Gasteiger partial charge in [0.25, 0.3) is 0 Å². The molecule has 3 rings (SSSR count). The molecule has 31 heavy (non-hydrogen) atoms. The van der Waals surface area contributed by atoms with Gasteiger partial charge >= 0.3 is 6.18 Å². The minimum atomic E-state index is -4.46. The van der Waals surface area contributed by atoms with Crippen molar-refractivity contribution in [1.29, 1.82) is 0 Å². The predicted molar refractivity (Wildman–Crippen MR) is 116 cm³/mol. The topological polar surface area (TPSA) is 45.2 Å². The van der Waals surface area contributed by atoms with Crippen LogP contribution in [0.2, 0.25) is 5.02 Å². The number of hydrogen-bond donors (Lipinski definition) is 1. The van der Waals surface area contributed by atoms with E-state index < -0.39 is 17.8 Å². The Morgan fingerprint density at radius 1 is 1.16 bits per heavy atom. The zero-order valence-corrected chi connectivity index (χ0v) is 18.2. The first-order chi connectivity index (χ1) is 14.8. The van der Waals surface area contributed by atoms with Gasteiger partial charge in [0.15, 0.2) is 0 Å². The first-order valence-electron chi connectivity index (χ1n) is 10.6. The van der Waals surface area contributed by atoms with Crippen LogP contribution in [0.3, 0.4) is 0 Å². The third-order valence-electron chi connectivity index (χ3n) is 5.65. The van der Waals surface area contributed by atoms with Gasteiger partial charge in [-0.2, -0.15) is 13.2 Å². The number of benzene rings is 1. The van der Waals surface area contributed by atoms with E-state index in [1.54, 1.807) is 17.0 Å². The molecule has 1 amide bonds. The number of anilines is 1. The zero-order chi connectivity index (χ0) is 22.4. The molecule has 1 aromatic heterocycles. The molecule has 1 saturated carbocycles. The Kier molecular flexibility index (Phi) is 7.81. The van der Waals surface area contributed by atoms with E-state index in [-0.39, 0.29) is 11.9 Å². The van der Waals surface area contributed by atoms with Crippen molar-refractivity contribution in [3.05, 3.63) is 58.7 Å². The highest BCUT2D eigenvalue weighted by molar-refractivity contribution is 6.30. The van der Waals surface area contributed by atoms with E-state index in [9.17, 15) is 18.0 Å². The van der Waals surface area contributed by atoms with Gasteiger partial charge in [0.2, 0.25) is 5.91 Å². The summed E-state index contributed by atoms with van der Waals surface area (Å²) in [5.74, 6) is 0.207. The maximum atomic E-state index is 13.1. The van der Waals surface area contributed by atoms with Crippen LogP contribution in [0.15, 0.2) is 42.6 Å². The average molecular weight is 454 g/mol. The molecular weight excluding hydrogens is 427 g/mol. The van der Waals surface area contributed by atoms with Gasteiger partial charge in [0, 0.05) is 23.8 Å². The molecule has 1 heterocycles. The third-order valence-corrected chi connectivity index (χ3v) is 5.90. The largest absolute Gasteiger partial charge is 0.417 e. The molecule has 1 aliphatic carbocycles. The summed E-state index contributed by atoms with van der Waals surface area (Å²) in [5, 5.41) is 3.73.